The van der Waals surface area contributed by atoms with Crippen LogP contribution in [0.4, 0.5) is 0 Å². The number of hydrogen-bond acceptors (Lipinski definition) is 1. The first-order chi connectivity index (χ1) is 13.8. The predicted octanol–water partition coefficient (Wildman–Crippen LogP) is 9.49. The van der Waals surface area contributed by atoms with Crippen LogP contribution < -0.4 is 5.73 Å². The molecule has 0 amide bonds. The van der Waals surface area contributed by atoms with Gasteiger partial charge in [0.1, 0.15) is 0 Å². The van der Waals surface area contributed by atoms with Gasteiger partial charge in [-0.3, -0.25) is 0 Å². The molecule has 0 aromatic rings. The van der Waals surface area contributed by atoms with Crippen LogP contribution in [0, 0.1) is 0 Å². The van der Waals surface area contributed by atoms with Crippen molar-refractivity contribution in [2.75, 3.05) is 0 Å². The van der Waals surface area contributed by atoms with Crippen LogP contribution in [0.15, 0.2) is 12.2 Å². The molecule has 0 aromatic heterocycles. The molecule has 1 nitrogen and oxygen atoms in total. The number of allylic oxidation sites excluding steroid dienone is 2. The Labute approximate surface area is 179 Å². The minimum absolute atomic E-state index is 0.462. The summed E-state index contributed by atoms with van der Waals surface area (Å²) in [5.41, 5.74) is 6.28. The maximum atomic E-state index is 6.28. The summed E-state index contributed by atoms with van der Waals surface area (Å²) in [5.74, 6) is 0. The topological polar surface area (TPSA) is 26.0 Å². The van der Waals surface area contributed by atoms with Gasteiger partial charge in [-0.15, -0.1) is 0 Å². The van der Waals surface area contributed by atoms with Gasteiger partial charge in [0.15, 0.2) is 0 Å². The fraction of sp³-hybridized carbons (Fsp3) is 0.926. The Morgan fingerprint density at radius 3 is 1.21 bits per heavy atom. The van der Waals surface area contributed by atoms with Gasteiger partial charge in [0.05, 0.1) is 0 Å². The van der Waals surface area contributed by atoms with Crippen molar-refractivity contribution >= 4 is 0 Å². The van der Waals surface area contributed by atoms with E-state index < -0.39 is 0 Å². The summed E-state index contributed by atoms with van der Waals surface area (Å²) in [6.45, 7) is 4.57. The third-order valence-electron chi connectivity index (χ3n) is 6.02. The van der Waals surface area contributed by atoms with Crippen molar-refractivity contribution < 1.29 is 0 Å². The molecule has 0 spiro atoms. The molecule has 0 bridgehead atoms. The smallest absolute Gasteiger partial charge is 0.00388 e. The number of rotatable bonds is 23. The molecule has 0 rings (SSSR count). The highest BCUT2D eigenvalue weighted by molar-refractivity contribution is 4.81. The second kappa shape index (κ2) is 24.7. The van der Waals surface area contributed by atoms with Gasteiger partial charge in [0.25, 0.3) is 0 Å². The van der Waals surface area contributed by atoms with Crippen LogP contribution in [0.3, 0.4) is 0 Å². The van der Waals surface area contributed by atoms with E-state index in [2.05, 4.69) is 26.0 Å². The fourth-order valence-electron chi connectivity index (χ4n) is 3.99. The van der Waals surface area contributed by atoms with E-state index >= 15 is 0 Å². The Morgan fingerprint density at radius 2 is 0.786 bits per heavy atom. The second-order valence-electron chi connectivity index (χ2n) is 9.04. The summed E-state index contributed by atoms with van der Waals surface area (Å²) in [5, 5.41) is 0. The standard InChI is InChI=1S/C27H55N/c1-3-5-7-9-11-12-13-14-15-16-17-18-20-22-24-26-27(28)25-23-21-19-10-8-6-4-2/h12-13,27H,3-11,14-26,28H2,1-2H3. The molecule has 0 saturated carbocycles. The Balaban J connectivity index is 3.17. The molecule has 0 aromatic carbocycles. The molecule has 1 atom stereocenters. The van der Waals surface area contributed by atoms with Crippen LogP contribution in [0.5, 0.6) is 0 Å². The van der Waals surface area contributed by atoms with Crippen LogP contribution >= 0.6 is 0 Å². The van der Waals surface area contributed by atoms with Crippen molar-refractivity contribution in [3.8, 4) is 0 Å². The van der Waals surface area contributed by atoms with Gasteiger partial charge in [-0.2, -0.15) is 0 Å². The average molecular weight is 394 g/mol. The lowest BCUT2D eigenvalue weighted by Crippen LogP contribution is -2.19. The van der Waals surface area contributed by atoms with Gasteiger partial charge in [-0.25, -0.2) is 0 Å². The predicted molar refractivity (Wildman–Crippen MR) is 130 cm³/mol. The molecule has 0 aliphatic rings. The monoisotopic (exact) mass is 393 g/mol. The van der Waals surface area contributed by atoms with Crippen LogP contribution in [0.25, 0.3) is 0 Å². The van der Waals surface area contributed by atoms with Gasteiger partial charge in [-0.05, 0) is 38.5 Å². The van der Waals surface area contributed by atoms with Gasteiger partial charge < -0.3 is 5.73 Å². The molecule has 28 heavy (non-hydrogen) atoms. The van der Waals surface area contributed by atoms with E-state index in [1.807, 2.05) is 0 Å². The number of hydrogen-bond donors (Lipinski definition) is 1. The Hall–Kier alpha value is -0.300. The van der Waals surface area contributed by atoms with Crippen LogP contribution in [0.2, 0.25) is 0 Å². The quantitative estimate of drug-likeness (QED) is 0.136. The molecule has 0 saturated heterocycles. The molecule has 1 heteroatoms. The fourth-order valence-corrected chi connectivity index (χ4v) is 3.99. The molecule has 0 radical (unpaired) electrons. The van der Waals surface area contributed by atoms with Crippen molar-refractivity contribution in [1.29, 1.82) is 0 Å². The average Bonchev–Trinajstić information content (AvgIpc) is 2.70. The van der Waals surface area contributed by atoms with E-state index in [9.17, 15) is 0 Å². The SMILES string of the molecule is CCCCCCC=CCCCCCCCCCC(N)CCCCCCCCC. The first-order valence-electron chi connectivity index (χ1n) is 13.2. The lowest BCUT2D eigenvalue weighted by molar-refractivity contribution is 0.481. The van der Waals surface area contributed by atoms with Crippen molar-refractivity contribution in [3.63, 3.8) is 0 Å². The molecule has 0 fully saturated rings. The zero-order chi connectivity index (χ0) is 20.5. The highest BCUT2D eigenvalue weighted by Gasteiger charge is 2.02. The minimum Gasteiger partial charge on any atom is -0.328 e. The molecule has 0 heterocycles. The van der Waals surface area contributed by atoms with Crippen LogP contribution in [-0.4, -0.2) is 6.04 Å². The highest BCUT2D eigenvalue weighted by atomic mass is 14.6. The first kappa shape index (κ1) is 27.7. The summed E-state index contributed by atoms with van der Waals surface area (Å²) in [4.78, 5) is 0. The zero-order valence-corrected chi connectivity index (χ0v) is 19.9. The molecular formula is C27H55N. The number of nitrogens with two attached hydrogens (primary N) is 1. The Kier molecular flexibility index (Phi) is 24.5. The summed E-state index contributed by atoms with van der Waals surface area (Å²) in [6.07, 6.45) is 35.0. The van der Waals surface area contributed by atoms with E-state index in [4.69, 9.17) is 5.73 Å². The van der Waals surface area contributed by atoms with Crippen molar-refractivity contribution in [1.82, 2.24) is 0 Å². The van der Waals surface area contributed by atoms with Gasteiger partial charge in [0.2, 0.25) is 0 Å². The van der Waals surface area contributed by atoms with Crippen LogP contribution in [0.1, 0.15) is 155 Å². The maximum Gasteiger partial charge on any atom is 0.00388 e. The molecule has 168 valence electrons. The Bertz CT molecular complexity index is 297. The van der Waals surface area contributed by atoms with Gasteiger partial charge >= 0.3 is 0 Å². The summed E-state index contributed by atoms with van der Waals surface area (Å²) >= 11 is 0. The largest absolute Gasteiger partial charge is 0.328 e. The van der Waals surface area contributed by atoms with E-state index in [-0.39, 0.29) is 0 Å². The molecule has 2 N–H and O–H groups in total. The third-order valence-corrected chi connectivity index (χ3v) is 6.02. The van der Waals surface area contributed by atoms with E-state index in [1.54, 1.807) is 0 Å². The van der Waals surface area contributed by atoms with E-state index in [0.29, 0.717) is 6.04 Å². The van der Waals surface area contributed by atoms with Crippen LogP contribution in [-0.2, 0) is 0 Å². The Morgan fingerprint density at radius 1 is 0.464 bits per heavy atom. The lowest BCUT2D eigenvalue weighted by atomic mass is 10.0. The van der Waals surface area contributed by atoms with Crippen molar-refractivity contribution in [2.45, 2.75) is 161 Å². The summed E-state index contributed by atoms with van der Waals surface area (Å²) in [7, 11) is 0. The normalized spacial score (nSPS) is 12.8. The lowest BCUT2D eigenvalue weighted by Gasteiger charge is -2.11. The molecule has 1 unspecified atom stereocenters. The van der Waals surface area contributed by atoms with Gasteiger partial charge in [-0.1, -0.05) is 129 Å². The van der Waals surface area contributed by atoms with E-state index in [1.165, 1.54) is 141 Å². The second-order valence-corrected chi connectivity index (χ2v) is 9.04. The minimum atomic E-state index is 0.462. The van der Waals surface area contributed by atoms with Crippen molar-refractivity contribution in [3.05, 3.63) is 12.2 Å². The summed E-state index contributed by atoms with van der Waals surface area (Å²) in [6, 6.07) is 0.462. The number of unbranched alkanes of at least 4 members (excludes halogenated alkanes) is 17. The molecule has 0 aliphatic heterocycles. The maximum absolute atomic E-state index is 6.28. The van der Waals surface area contributed by atoms with Crippen molar-refractivity contribution in [2.24, 2.45) is 5.73 Å². The molecular weight excluding hydrogens is 338 g/mol. The third kappa shape index (κ3) is 23.7. The first-order valence-corrected chi connectivity index (χ1v) is 13.2. The summed E-state index contributed by atoms with van der Waals surface area (Å²) < 4.78 is 0. The zero-order valence-electron chi connectivity index (χ0n) is 19.9. The molecule has 0 aliphatic carbocycles. The highest BCUT2D eigenvalue weighted by Crippen LogP contribution is 2.14. The van der Waals surface area contributed by atoms with E-state index in [0.717, 1.165) is 0 Å². The van der Waals surface area contributed by atoms with Gasteiger partial charge in [0, 0.05) is 6.04 Å².